The Kier molecular flexibility index (Phi) is 7.55. The molecule has 33 heavy (non-hydrogen) atoms. The van der Waals surface area contributed by atoms with Gasteiger partial charge in [0, 0.05) is 17.3 Å². The van der Waals surface area contributed by atoms with Crippen molar-refractivity contribution in [3.8, 4) is 22.9 Å². The Morgan fingerprint density at radius 1 is 1.00 bits per heavy atom. The average Bonchev–Trinajstić information content (AvgIpc) is 3.17. The summed E-state index contributed by atoms with van der Waals surface area (Å²) in [6.07, 6.45) is 1.49. The van der Waals surface area contributed by atoms with Crippen molar-refractivity contribution in [3.63, 3.8) is 0 Å². The fraction of sp³-hybridized carbons (Fsp3) is 0.292. The van der Waals surface area contributed by atoms with Gasteiger partial charge in [0.1, 0.15) is 17.2 Å². The van der Waals surface area contributed by atoms with E-state index >= 15 is 0 Å². The fourth-order valence-corrected chi connectivity index (χ4v) is 3.39. The summed E-state index contributed by atoms with van der Waals surface area (Å²) in [6, 6.07) is 12.0. The van der Waals surface area contributed by atoms with E-state index in [1.54, 1.807) is 56.5 Å². The largest absolute Gasteiger partial charge is 0.497 e. The summed E-state index contributed by atoms with van der Waals surface area (Å²) in [5.41, 5.74) is 4.84. The number of ether oxygens (including phenoxy) is 3. The first-order valence-corrected chi connectivity index (χ1v) is 10.5. The topological polar surface area (TPSA) is 107 Å². The van der Waals surface area contributed by atoms with E-state index in [1.807, 2.05) is 6.92 Å². The molecule has 1 aromatic heterocycles. The Morgan fingerprint density at radius 2 is 1.61 bits per heavy atom. The molecule has 0 saturated heterocycles. The molecule has 1 heterocycles. The number of amides is 1. The quantitative estimate of drug-likeness (QED) is 0.383. The highest BCUT2D eigenvalue weighted by Crippen LogP contribution is 2.22. The maximum Gasteiger partial charge on any atom is 0.280 e. The number of H-pyrrole nitrogens is 1. The van der Waals surface area contributed by atoms with E-state index < -0.39 is 5.91 Å². The second kappa shape index (κ2) is 10.5. The van der Waals surface area contributed by atoms with Gasteiger partial charge < -0.3 is 14.2 Å². The molecule has 0 aliphatic rings. The zero-order valence-electron chi connectivity index (χ0n) is 19.4. The lowest BCUT2D eigenvalue weighted by Gasteiger charge is -2.08. The van der Waals surface area contributed by atoms with E-state index in [9.17, 15) is 9.59 Å². The lowest BCUT2D eigenvalue weighted by Crippen LogP contribution is -2.23. The number of carbonyl (C=O) groups excluding carboxylic acids is 1. The van der Waals surface area contributed by atoms with Crippen LogP contribution < -0.4 is 25.2 Å². The second-order valence-corrected chi connectivity index (χ2v) is 7.29. The van der Waals surface area contributed by atoms with E-state index in [0.29, 0.717) is 46.2 Å². The number of hydrazone groups is 1. The van der Waals surface area contributed by atoms with E-state index in [-0.39, 0.29) is 5.56 Å². The molecule has 174 valence electrons. The van der Waals surface area contributed by atoms with Crippen LogP contribution >= 0.6 is 0 Å². The van der Waals surface area contributed by atoms with Gasteiger partial charge in [-0.1, -0.05) is 13.3 Å². The Labute approximate surface area is 192 Å². The number of methoxy groups -OCH3 is 3. The van der Waals surface area contributed by atoms with Gasteiger partial charge in [-0.25, -0.2) is 10.1 Å². The minimum Gasteiger partial charge on any atom is -0.497 e. The molecule has 2 aromatic carbocycles. The zero-order valence-corrected chi connectivity index (χ0v) is 19.4. The van der Waals surface area contributed by atoms with E-state index in [2.05, 4.69) is 15.6 Å². The molecule has 0 aliphatic carbocycles. The van der Waals surface area contributed by atoms with Gasteiger partial charge in [-0.05, 0) is 49.7 Å². The Bertz CT molecular complexity index is 1190. The number of hydrogen-bond donors (Lipinski definition) is 2. The van der Waals surface area contributed by atoms with Crippen LogP contribution in [0.25, 0.3) is 5.69 Å². The van der Waals surface area contributed by atoms with E-state index in [4.69, 9.17) is 14.2 Å². The van der Waals surface area contributed by atoms with Gasteiger partial charge >= 0.3 is 0 Å². The SMILES string of the molecule is CCCc1[nH]n(-c2ccc(OC)cc2)c(=O)c1/C(C)=N/NC(=O)c1cc(OC)cc(OC)c1. The highest BCUT2D eigenvalue weighted by atomic mass is 16.5. The lowest BCUT2D eigenvalue weighted by molar-refractivity contribution is 0.0954. The number of nitrogens with zero attached hydrogens (tertiary/aromatic N) is 2. The molecule has 0 radical (unpaired) electrons. The third-order valence-corrected chi connectivity index (χ3v) is 5.10. The molecule has 0 spiro atoms. The van der Waals surface area contributed by atoms with E-state index in [1.165, 1.54) is 18.9 Å². The third-order valence-electron chi connectivity index (χ3n) is 5.10. The van der Waals surface area contributed by atoms with Crippen molar-refractivity contribution in [1.29, 1.82) is 0 Å². The zero-order chi connectivity index (χ0) is 24.0. The van der Waals surface area contributed by atoms with Gasteiger partial charge in [0.15, 0.2) is 0 Å². The van der Waals surface area contributed by atoms with Crippen LogP contribution in [0.15, 0.2) is 52.4 Å². The lowest BCUT2D eigenvalue weighted by atomic mass is 10.1. The fourth-order valence-electron chi connectivity index (χ4n) is 3.39. The molecular weight excluding hydrogens is 424 g/mol. The number of benzene rings is 2. The summed E-state index contributed by atoms with van der Waals surface area (Å²) in [6.45, 7) is 3.71. The predicted octanol–water partition coefficient (Wildman–Crippen LogP) is 3.30. The molecular formula is C24H28N4O5. The molecule has 9 nitrogen and oxygen atoms in total. The number of carbonyl (C=O) groups is 1. The smallest absolute Gasteiger partial charge is 0.280 e. The molecule has 0 saturated carbocycles. The van der Waals surface area contributed by atoms with Crippen LogP contribution in [0.3, 0.4) is 0 Å². The van der Waals surface area contributed by atoms with Crippen LogP contribution in [0, 0.1) is 0 Å². The summed E-state index contributed by atoms with van der Waals surface area (Å²) < 4.78 is 17.1. The Hall–Kier alpha value is -4.01. The maximum absolute atomic E-state index is 13.2. The van der Waals surface area contributed by atoms with Crippen molar-refractivity contribution >= 4 is 11.6 Å². The molecule has 2 N–H and O–H groups in total. The predicted molar refractivity (Wildman–Crippen MR) is 126 cm³/mol. The number of aryl methyl sites for hydroxylation is 1. The van der Waals surface area contributed by atoms with Crippen LogP contribution in [0.2, 0.25) is 0 Å². The van der Waals surface area contributed by atoms with Gasteiger partial charge in [-0.3, -0.25) is 14.7 Å². The standard InChI is InChI=1S/C24H28N4O5/c1-6-7-21-22(24(30)28(27-21)17-8-10-18(31-3)11-9-17)15(2)25-26-23(29)16-12-19(32-4)14-20(13-16)33-5/h8-14,27H,6-7H2,1-5H3,(H,26,29)/b25-15+. The van der Waals surface area contributed by atoms with Crippen molar-refractivity contribution in [3.05, 3.63) is 69.6 Å². The molecule has 0 bridgehead atoms. The van der Waals surface area contributed by atoms with Gasteiger partial charge in [0.25, 0.3) is 11.5 Å². The summed E-state index contributed by atoms with van der Waals surface area (Å²) in [4.78, 5) is 25.9. The van der Waals surface area contributed by atoms with Crippen LogP contribution in [0.1, 0.15) is 41.9 Å². The number of aromatic amines is 1. The molecule has 0 fully saturated rings. The number of aromatic nitrogens is 2. The summed E-state index contributed by atoms with van der Waals surface area (Å²) in [5.74, 6) is 1.22. The van der Waals surface area contributed by atoms with Crippen LogP contribution in [0.4, 0.5) is 0 Å². The number of hydrogen-bond acceptors (Lipinski definition) is 6. The monoisotopic (exact) mass is 452 g/mol. The molecule has 0 atom stereocenters. The summed E-state index contributed by atoms with van der Waals surface area (Å²) >= 11 is 0. The first-order chi connectivity index (χ1) is 15.9. The third kappa shape index (κ3) is 5.25. The maximum atomic E-state index is 13.2. The molecule has 0 aliphatic heterocycles. The average molecular weight is 453 g/mol. The van der Waals surface area contributed by atoms with Crippen LogP contribution in [-0.4, -0.2) is 42.7 Å². The first-order valence-electron chi connectivity index (χ1n) is 10.5. The Morgan fingerprint density at radius 3 is 2.15 bits per heavy atom. The van der Waals surface area contributed by atoms with Gasteiger partial charge in [0.2, 0.25) is 0 Å². The molecule has 9 heteroatoms. The highest BCUT2D eigenvalue weighted by Gasteiger charge is 2.18. The van der Waals surface area contributed by atoms with Crippen molar-refractivity contribution < 1.29 is 19.0 Å². The second-order valence-electron chi connectivity index (χ2n) is 7.29. The summed E-state index contributed by atoms with van der Waals surface area (Å²) in [5, 5.41) is 7.37. The van der Waals surface area contributed by atoms with Crippen LogP contribution in [0.5, 0.6) is 17.2 Å². The molecule has 0 unspecified atom stereocenters. The first kappa shape index (κ1) is 23.6. The van der Waals surface area contributed by atoms with Crippen LogP contribution in [-0.2, 0) is 6.42 Å². The van der Waals surface area contributed by atoms with Crippen molar-refractivity contribution in [2.75, 3.05) is 21.3 Å². The molecule has 3 aromatic rings. The number of rotatable bonds is 9. The minimum absolute atomic E-state index is 0.248. The highest BCUT2D eigenvalue weighted by molar-refractivity contribution is 6.01. The molecule has 1 amide bonds. The minimum atomic E-state index is -0.449. The normalized spacial score (nSPS) is 11.2. The van der Waals surface area contributed by atoms with Gasteiger partial charge in [-0.15, -0.1) is 0 Å². The van der Waals surface area contributed by atoms with Gasteiger partial charge in [0.05, 0.1) is 38.3 Å². The van der Waals surface area contributed by atoms with Gasteiger partial charge in [-0.2, -0.15) is 5.10 Å². The Balaban J connectivity index is 1.92. The number of nitrogens with one attached hydrogen (secondary N) is 2. The molecule has 3 rings (SSSR count). The summed E-state index contributed by atoms with van der Waals surface area (Å²) in [7, 11) is 4.60. The van der Waals surface area contributed by atoms with Crippen molar-refractivity contribution in [2.45, 2.75) is 26.7 Å². The van der Waals surface area contributed by atoms with Crippen molar-refractivity contribution in [2.24, 2.45) is 5.10 Å². The van der Waals surface area contributed by atoms with E-state index in [0.717, 1.165) is 12.1 Å². The van der Waals surface area contributed by atoms with Crippen molar-refractivity contribution in [1.82, 2.24) is 15.2 Å².